The van der Waals surface area contributed by atoms with Crippen molar-refractivity contribution in [2.75, 3.05) is 24.7 Å². The highest BCUT2D eigenvalue weighted by Gasteiger charge is 2.60. The lowest BCUT2D eigenvalue weighted by Gasteiger charge is -2.61. The van der Waals surface area contributed by atoms with Crippen LogP contribution in [0.3, 0.4) is 0 Å². The molecule has 0 amide bonds. The first-order valence-electron chi connectivity index (χ1n) is 20.0. The van der Waals surface area contributed by atoms with Gasteiger partial charge in [0.2, 0.25) is 0 Å². The molecule has 264 valence electrons. The molecular weight excluding hydrogens is 564 g/mol. The van der Waals surface area contributed by atoms with Crippen molar-refractivity contribution >= 4 is 11.4 Å². The first-order valence-corrected chi connectivity index (χ1v) is 20.0. The lowest BCUT2D eigenvalue weighted by molar-refractivity contribution is -0.136. The molecule has 0 spiro atoms. The molecule has 4 nitrogen and oxygen atoms in total. The van der Waals surface area contributed by atoms with Crippen LogP contribution in [0.1, 0.15) is 158 Å². The molecule has 1 aromatic rings. The van der Waals surface area contributed by atoms with E-state index in [1.165, 1.54) is 103 Å². The number of unbranched alkanes of at least 4 members (excludes halogenated alkanes) is 4. The zero-order valence-electron chi connectivity index (χ0n) is 31.3. The van der Waals surface area contributed by atoms with Crippen LogP contribution in [0.25, 0.3) is 0 Å². The second kappa shape index (κ2) is 17.3. The third-order valence-corrected chi connectivity index (χ3v) is 13.7. The van der Waals surface area contributed by atoms with Crippen LogP contribution in [0.2, 0.25) is 0 Å². The highest BCUT2D eigenvalue weighted by Crippen LogP contribution is 2.68. The van der Waals surface area contributed by atoms with Gasteiger partial charge in [0.1, 0.15) is 5.75 Å². The normalized spacial score (nSPS) is 34.2. The Hall–Kier alpha value is -1.42. The van der Waals surface area contributed by atoms with Crippen LogP contribution in [-0.4, -0.2) is 19.3 Å². The Kier molecular flexibility index (Phi) is 14.1. The average molecular weight is 639 g/mol. The average Bonchev–Trinajstić information content (AvgIpc) is 3.38. The van der Waals surface area contributed by atoms with E-state index >= 15 is 0 Å². The van der Waals surface area contributed by atoms with Crippen LogP contribution < -0.4 is 16.2 Å². The molecule has 4 N–H and O–H groups in total. The largest absolute Gasteiger partial charge is 0.493 e. The summed E-state index contributed by atoms with van der Waals surface area (Å²) in [6.45, 7) is 18.5. The van der Waals surface area contributed by atoms with Crippen LogP contribution in [0, 0.1) is 52.3 Å². The van der Waals surface area contributed by atoms with Gasteiger partial charge in [-0.25, -0.2) is 0 Å². The molecule has 5 rings (SSSR count). The Morgan fingerprint density at radius 3 is 2.09 bits per heavy atom. The van der Waals surface area contributed by atoms with E-state index in [1.807, 2.05) is 26.0 Å². The monoisotopic (exact) mass is 639 g/mol. The molecule has 0 bridgehead atoms. The molecule has 9 unspecified atom stereocenters. The zero-order chi connectivity index (χ0) is 33.3. The summed E-state index contributed by atoms with van der Waals surface area (Å²) in [6, 6.07) is 5.45. The van der Waals surface area contributed by atoms with E-state index < -0.39 is 0 Å². The molecule has 0 saturated heterocycles. The minimum absolute atomic E-state index is 0.500. The van der Waals surface area contributed by atoms with Crippen molar-refractivity contribution in [2.24, 2.45) is 52.3 Å². The van der Waals surface area contributed by atoms with Gasteiger partial charge in [0.25, 0.3) is 0 Å². The summed E-state index contributed by atoms with van der Waals surface area (Å²) in [5.41, 5.74) is 14.2. The number of anilines is 2. The molecule has 4 heteroatoms. The van der Waals surface area contributed by atoms with Gasteiger partial charge >= 0.3 is 0 Å². The standard InChI is InChI=1S/C40H68N2O2.C2H6/c1-28(2)12-11-13-29(3)36-16-17-37-35-15-14-30-24-33(18-20-39(30,4)38(35)19-21-40(36,37)5)43-22-9-7-6-8-10-23-44-34-26-31(41)25-32(42)27-34;1-2/h25-30,33,35-38H,6-24,41-42H2,1-5H3;1-2H3. The van der Waals surface area contributed by atoms with E-state index in [4.69, 9.17) is 20.9 Å². The minimum atomic E-state index is 0.500. The van der Waals surface area contributed by atoms with Gasteiger partial charge in [0.05, 0.1) is 12.7 Å². The van der Waals surface area contributed by atoms with Crippen molar-refractivity contribution in [1.82, 2.24) is 0 Å². The van der Waals surface area contributed by atoms with Gasteiger partial charge in [-0.1, -0.05) is 87.0 Å². The third kappa shape index (κ3) is 8.97. The highest BCUT2D eigenvalue weighted by atomic mass is 16.5. The van der Waals surface area contributed by atoms with Gasteiger partial charge in [-0.05, 0) is 129 Å². The summed E-state index contributed by atoms with van der Waals surface area (Å²) in [4.78, 5) is 0. The first-order chi connectivity index (χ1) is 22.1. The van der Waals surface area contributed by atoms with Crippen molar-refractivity contribution in [3.8, 4) is 5.75 Å². The maximum atomic E-state index is 6.55. The van der Waals surface area contributed by atoms with Gasteiger partial charge < -0.3 is 20.9 Å². The summed E-state index contributed by atoms with van der Waals surface area (Å²) in [5.74, 6) is 7.35. The molecule has 46 heavy (non-hydrogen) atoms. The van der Waals surface area contributed by atoms with E-state index in [2.05, 4.69) is 34.6 Å². The van der Waals surface area contributed by atoms with Gasteiger partial charge in [-0.2, -0.15) is 0 Å². The van der Waals surface area contributed by atoms with E-state index in [0.717, 1.165) is 66.8 Å². The van der Waals surface area contributed by atoms with Crippen LogP contribution in [0.5, 0.6) is 5.75 Å². The van der Waals surface area contributed by atoms with E-state index in [0.29, 0.717) is 28.3 Å². The number of ether oxygens (including phenoxy) is 2. The Labute approximate surface area is 284 Å². The Balaban J connectivity index is 0.00000235. The van der Waals surface area contributed by atoms with Gasteiger partial charge in [0.15, 0.2) is 0 Å². The lowest BCUT2D eigenvalue weighted by atomic mass is 9.44. The van der Waals surface area contributed by atoms with Crippen LogP contribution >= 0.6 is 0 Å². The van der Waals surface area contributed by atoms with Crippen LogP contribution in [-0.2, 0) is 4.74 Å². The molecule has 0 heterocycles. The summed E-state index contributed by atoms with van der Waals surface area (Å²) in [7, 11) is 0. The van der Waals surface area contributed by atoms with Crippen molar-refractivity contribution in [3.05, 3.63) is 18.2 Å². The summed E-state index contributed by atoms with van der Waals surface area (Å²) < 4.78 is 12.4. The Bertz CT molecular complexity index is 1020. The molecule has 4 fully saturated rings. The van der Waals surface area contributed by atoms with E-state index in [9.17, 15) is 0 Å². The third-order valence-electron chi connectivity index (χ3n) is 13.7. The fourth-order valence-electron chi connectivity index (χ4n) is 11.3. The van der Waals surface area contributed by atoms with Gasteiger partial charge in [-0.3, -0.25) is 0 Å². The quantitative estimate of drug-likeness (QED) is 0.148. The lowest BCUT2D eigenvalue weighted by Crippen LogP contribution is -2.54. The SMILES string of the molecule is CC.CC(C)CCCC(C)C1CCC2C3CCC4CC(OCCCCCCCOc5cc(N)cc(N)c5)CCC4(C)C3CCC12C. The molecule has 4 saturated carbocycles. The van der Waals surface area contributed by atoms with Crippen molar-refractivity contribution in [3.63, 3.8) is 0 Å². The second-order valence-electron chi connectivity index (χ2n) is 16.9. The number of hydrogen-bond donors (Lipinski definition) is 2. The molecule has 4 aliphatic carbocycles. The molecule has 9 atom stereocenters. The topological polar surface area (TPSA) is 70.5 Å². The molecule has 0 radical (unpaired) electrons. The van der Waals surface area contributed by atoms with E-state index in [-0.39, 0.29) is 0 Å². The van der Waals surface area contributed by atoms with Crippen molar-refractivity contribution in [1.29, 1.82) is 0 Å². The van der Waals surface area contributed by atoms with Gasteiger partial charge in [-0.15, -0.1) is 0 Å². The highest BCUT2D eigenvalue weighted by molar-refractivity contribution is 5.56. The van der Waals surface area contributed by atoms with Crippen molar-refractivity contribution < 1.29 is 9.47 Å². The molecule has 0 aliphatic heterocycles. The van der Waals surface area contributed by atoms with Crippen molar-refractivity contribution in [2.45, 2.75) is 164 Å². The fourth-order valence-corrected chi connectivity index (χ4v) is 11.3. The maximum absolute atomic E-state index is 6.55. The Morgan fingerprint density at radius 1 is 0.717 bits per heavy atom. The summed E-state index contributed by atoms with van der Waals surface area (Å²) in [5, 5.41) is 0. The molecule has 0 aromatic heterocycles. The predicted molar refractivity (Wildman–Crippen MR) is 198 cm³/mol. The summed E-state index contributed by atoms with van der Waals surface area (Å²) in [6.07, 6.45) is 23.8. The molecular formula is C42H74N2O2. The van der Waals surface area contributed by atoms with Crippen LogP contribution in [0.4, 0.5) is 11.4 Å². The van der Waals surface area contributed by atoms with Gasteiger partial charge in [0, 0.05) is 30.1 Å². The second-order valence-corrected chi connectivity index (χ2v) is 16.9. The smallest absolute Gasteiger partial charge is 0.123 e. The predicted octanol–water partition coefficient (Wildman–Crippen LogP) is 11.7. The zero-order valence-corrected chi connectivity index (χ0v) is 31.3. The number of rotatable bonds is 15. The number of fused-ring (bicyclic) bond motifs is 5. The number of benzene rings is 1. The maximum Gasteiger partial charge on any atom is 0.123 e. The van der Waals surface area contributed by atoms with E-state index in [1.54, 1.807) is 6.07 Å². The first kappa shape index (κ1) is 37.4. The Morgan fingerprint density at radius 2 is 1.37 bits per heavy atom. The molecule has 1 aromatic carbocycles. The fraction of sp³-hybridized carbons (Fsp3) is 0.857. The number of hydrogen-bond acceptors (Lipinski definition) is 4. The number of nitrogen functional groups attached to an aromatic ring is 2. The molecule has 4 aliphatic rings. The summed E-state index contributed by atoms with van der Waals surface area (Å²) >= 11 is 0. The van der Waals surface area contributed by atoms with Crippen LogP contribution in [0.15, 0.2) is 18.2 Å². The minimum Gasteiger partial charge on any atom is -0.493 e. The number of nitrogens with two attached hydrogens (primary N) is 2.